The SMILES string of the molecule is Cl.NC1CC1NC(=O)C1(F)CCNC1. The Balaban J connectivity index is 0.000000980. The summed E-state index contributed by atoms with van der Waals surface area (Å²) in [6.45, 7) is 0.696. The highest BCUT2D eigenvalue weighted by molar-refractivity contribution is 5.86. The van der Waals surface area contributed by atoms with Crippen LogP contribution in [0, 0.1) is 0 Å². The predicted molar refractivity (Wildman–Crippen MR) is 53.1 cm³/mol. The number of carbonyl (C=O) groups excluding carboxylic acids is 1. The summed E-state index contributed by atoms with van der Waals surface area (Å²) >= 11 is 0. The second-order valence-electron chi connectivity index (χ2n) is 3.87. The van der Waals surface area contributed by atoms with E-state index in [4.69, 9.17) is 5.73 Å². The average Bonchev–Trinajstić information content (AvgIpc) is 2.62. The number of halogens is 2. The minimum Gasteiger partial charge on any atom is -0.349 e. The Bertz CT molecular complexity index is 233. The summed E-state index contributed by atoms with van der Waals surface area (Å²) in [5.74, 6) is -0.504. The van der Waals surface area contributed by atoms with Crippen LogP contribution in [0.1, 0.15) is 12.8 Å². The molecule has 1 saturated heterocycles. The van der Waals surface area contributed by atoms with Gasteiger partial charge in [0.15, 0.2) is 0 Å². The molecule has 3 atom stereocenters. The molecule has 0 aromatic rings. The number of nitrogens with two attached hydrogens (primary N) is 1. The third kappa shape index (κ3) is 2.16. The van der Waals surface area contributed by atoms with Gasteiger partial charge in [0, 0.05) is 25.0 Å². The molecule has 1 aliphatic carbocycles. The van der Waals surface area contributed by atoms with Gasteiger partial charge in [0.2, 0.25) is 5.67 Å². The normalized spacial score (nSPS) is 40.1. The Hall–Kier alpha value is -0.390. The summed E-state index contributed by atoms with van der Waals surface area (Å²) in [6.07, 6.45) is 1.04. The van der Waals surface area contributed by atoms with Gasteiger partial charge in [-0.25, -0.2) is 4.39 Å². The van der Waals surface area contributed by atoms with Crippen LogP contribution >= 0.6 is 12.4 Å². The topological polar surface area (TPSA) is 67.1 Å². The van der Waals surface area contributed by atoms with Crippen molar-refractivity contribution in [1.82, 2.24) is 10.6 Å². The molecule has 1 saturated carbocycles. The molecule has 0 radical (unpaired) electrons. The van der Waals surface area contributed by atoms with Gasteiger partial charge in [-0.2, -0.15) is 0 Å². The lowest BCUT2D eigenvalue weighted by molar-refractivity contribution is -0.131. The number of nitrogens with one attached hydrogen (secondary N) is 2. The van der Waals surface area contributed by atoms with E-state index in [-0.39, 0.29) is 37.5 Å². The zero-order chi connectivity index (χ0) is 9.47. The largest absolute Gasteiger partial charge is 0.349 e. The fourth-order valence-electron chi connectivity index (χ4n) is 1.53. The van der Waals surface area contributed by atoms with Crippen LogP contribution in [-0.2, 0) is 4.79 Å². The van der Waals surface area contributed by atoms with Crippen molar-refractivity contribution >= 4 is 18.3 Å². The van der Waals surface area contributed by atoms with Crippen LogP contribution < -0.4 is 16.4 Å². The number of carbonyl (C=O) groups is 1. The third-order valence-corrected chi connectivity index (χ3v) is 2.67. The van der Waals surface area contributed by atoms with Crippen molar-refractivity contribution in [2.75, 3.05) is 13.1 Å². The second kappa shape index (κ2) is 4.00. The molecule has 2 aliphatic rings. The number of alkyl halides is 1. The van der Waals surface area contributed by atoms with Gasteiger partial charge in [0.1, 0.15) is 0 Å². The van der Waals surface area contributed by atoms with Crippen LogP contribution in [0.3, 0.4) is 0 Å². The van der Waals surface area contributed by atoms with Gasteiger partial charge in [-0.15, -0.1) is 12.4 Å². The Morgan fingerprint density at radius 3 is 2.71 bits per heavy atom. The molecule has 82 valence electrons. The van der Waals surface area contributed by atoms with Crippen molar-refractivity contribution in [3.8, 4) is 0 Å². The molecule has 0 spiro atoms. The minimum absolute atomic E-state index is 0. The second-order valence-corrected chi connectivity index (χ2v) is 3.87. The van der Waals surface area contributed by atoms with E-state index in [1.54, 1.807) is 0 Å². The maximum Gasteiger partial charge on any atom is 0.259 e. The molecule has 3 unspecified atom stereocenters. The molecule has 6 heteroatoms. The van der Waals surface area contributed by atoms with E-state index in [9.17, 15) is 9.18 Å². The molecule has 0 aromatic heterocycles. The Morgan fingerprint density at radius 2 is 2.29 bits per heavy atom. The van der Waals surface area contributed by atoms with E-state index >= 15 is 0 Å². The van der Waals surface area contributed by atoms with E-state index in [0.29, 0.717) is 6.54 Å². The zero-order valence-electron chi connectivity index (χ0n) is 7.75. The highest BCUT2D eigenvalue weighted by Gasteiger charge is 2.45. The number of rotatable bonds is 2. The monoisotopic (exact) mass is 223 g/mol. The van der Waals surface area contributed by atoms with Crippen molar-refractivity contribution in [2.24, 2.45) is 5.73 Å². The molecule has 0 bridgehead atoms. The first-order valence-corrected chi connectivity index (χ1v) is 4.58. The zero-order valence-corrected chi connectivity index (χ0v) is 8.57. The van der Waals surface area contributed by atoms with Gasteiger partial charge in [-0.1, -0.05) is 0 Å². The summed E-state index contributed by atoms with van der Waals surface area (Å²) in [7, 11) is 0. The van der Waals surface area contributed by atoms with Crippen LogP contribution in [-0.4, -0.2) is 36.7 Å². The van der Waals surface area contributed by atoms with Gasteiger partial charge in [-0.3, -0.25) is 4.79 Å². The van der Waals surface area contributed by atoms with E-state index in [2.05, 4.69) is 10.6 Å². The first-order valence-electron chi connectivity index (χ1n) is 4.58. The maximum absolute atomic E-state index is 13.7. The number of amides is 1. The van der Waals surface area contributed by atoms with E-state index < -0.39 is 11.6 Å². The highest BCUT2D eigenvalue weighted by atomic mass is 35.5. The smallest absolute Gasteiger partial charge is 0.259 e. The molecule has 1 aliphatic heterocycles. The van der Waals surface area contributed by atoms with Crippen LogP contribution in [0.25, 0.3) is 0 Å². The molecule has 14 heavy (non-hydrogen) atoms. The van der Waals surface area contributed by atoms with Gasteiger partial charge in [0.05, 0.1) is 0 Å². The van der Waals surface area contributed by atoms with Crippen molar-refractivity contribution in [3.05, 3.63) is 0 Å². The average molecular weight is 224 g/mol. The van der Waals surface area contributed by atoms with Gasteiger partial charge in [0.25, 0.3) is 5.91 Å². The molecule has 1 amide bonds. The van der Waals surface area contributed by atoms with Crippen LogP contribution in [0.15, 0.2) is 0 Å². The van der Waals surface area contributed by atoms with E-state index in [0.717, 1.165) is 6.42 Å². The fraction of sp³-hybridized carbons (Fsp3) is 0.875. The van der Waals surface area contributed by atoms with Gasteiger partial charge < -0.3 is 16.4 Å². The molecule has 2 fully saturated rings. The summed E-state index contributed by atoms with van der Waals surface area (Å²) in [6, 6.07) is 0.0302. The van der Waals surface area contributed by atoms with Crippen molar-refractivity contribution < 1.29 is 9.18 Å². The molecule has 4 N–H and O–H groups in total. The summed E-state index contributed by atoms with van der Waals surface area (Å²) in [5, 5.41) is 5.44. The molecular weight excluding hydrogens is 209 g/mol. The molecule has 1 heterocycles. The summed E-state index contributed by atoms with van der Waals surface area (Å²) in [5.41, 5.74) is 3.80. The molecular formula is C8H15ClFN3O. The summed E-state index contributed by atoms with van der Waals surface area (Å²) < 4.78 is 13.7. The Kier molecular flexibility index (Phi) is 3.34. The standard InChI is InChI=1S/C8H14FN3O.ClH/c9-8(1-2-11-4-8)7(13)12-6-3-5(6)10;/h5-6,11H,1-4,10H2,(H,12,13);1H. The third-order valence-electron chi connectivity index (χ3n) is 2.67. The lowest BCUT2D eigenvalue weighted by Crippen LogP contribution is -2.46. The summed E-state index contributed by atoms with van der Waals surface area (Å²) in [4.78, 5) is 11.4. The number of hydrogen-bond donors (Lipinski definition) is 3. The first kappa shape index (κ1) is 11.7. The highest BCUT2D eigenvalue weighted by Crippen LogP contribution is 2.23. The van der Waals surface area contributed by atoms with E-state index in [1.807, 2.05) is 0 Å². The lowest BCUT2D eigenvalue weighted by atomic mass is 10.1. The van der Waals surface area contributed by atoms with E-state index in [1.165, 1.54) is 0 Å². The molecule has 4 nitrogen and oxygen atoms in total. The van der Waals surface area contributed by atoms with Gasteiger partial charge in [-0.05, 0) is 13.0 Å². The minimum atomic E-state index is -1.71. The Labute approximate surface area is 88.2 Å². The van der Waals surface area contributed by atoms with Crippen LogP contribution in [0.5, 0.6) is 0 Å². The predicted octanol–water partition coefficient (Wildman–Crippen LogP) is -0.674. The Morgan fingerprint density at radius 1 is 1.64 bits per heavy atom. The van der Waals surface area contributed by atoms with Crippen molar-refractivity contribution in [3.63, 3.8) is 0 Å². The molecule has 2 rings (SSSR count). The number of hydrogen-bond acceptors (Lipinski definition) is 3. The quantitative estimate of drug-likeness (QED) is 0.582. The fourth-order valence-corrected chi connectivity index (χ4v) is 1.53. The van der Waals surface area contributed by atoms with Crippen molar-refractivity contribution in [1.29, 1.82) is 0 Å². The van der Waals surface area contributed by atoms with Crippen molar-refractivity contribution in [2.45, 2.75) is 30.6 Å². The van der Waals surface area contributed by atoms with Gasteiger partial charge >= 0.3 is 0 Å². The maximum atomic E-state index is 13.7. The lowest BCUT2D eigenvalue weighted by Gasteiger charge is -2.17. The first-order chi connectivity index (χ1) is 6.12. The van der Waals surface area contributed by atoms with Crippen LogP contribution in [0.4, 0.5) is 4.39 Å². The van der Waals surface area contributed by atoms with Crippen LogP contribution in [0.2, 0.25) is 0 Å². The molecule has 0 aromatic carbocycles.